The molecule has 0 aliphatic carbocycles. The number of rotatable bonds is 8. The van der Waals surface area contributed by atoms with Gasteiger partial charge in [-0.25, -0.2) is 0 Å². The largest absolute Gasteiger partial charge is 0.294 e. The highest BCUT2D eigenvalue weighted by molar-refractivity contribution is 7.98. The molecule has 0 radical (unpaired) electrons. The van der Waals surface area contributed by atoms with Crippen molar-refractivity contribution in [3.8, 4) is 0 Å². The van der Waals surface area contributed by atoms with Crippen molar-refractivity contribution in [2.24, 2.45) is 0 Å². The van der Waals surface area contributed by atoms with Gasteiger partial charge in [0.05, 0.1) is 0 Å². The van der Waals surface area contributed by atoms with Crippen molar-refractivity contribution in [1.29, 1.82) is 0 Å². The van der Waals surface area contributed by atoms with Crippen LogP contribution in [0.5, 0.6) is 0 Å². The first-order valence-corrected chi connectivity index (χ1v) is 7.78. The van der Waals surface area contributed by atoms with Crippen molar-refractivity contribution < 1.29 is 4.79 Å². The summed E-state index contributed by atoms with van der Waals surface area (Å²) in [4.78, 5) is 11.8. The first-order valence-electron chi connectivity index (χ1n) is 6.39. The molecule has 0 saturated carbocycles. The first kappa shape index (κ1) is 14.3. The molecule has 1 nitrogen and oxygen atoms in total. The van der Waals surface area contributed by atoms with E-state index in [4.69, 9.17) is 0 Å². The molecule has 17 heavy (non-hydrogen) atoms. The maximum atomic E-state index is 11.8. The third-order valence-corrected chi connectivity index (χ3v) is 3.49. The maximum Gasteiger partial charge on any atom is 0.163 e. The molecule has 2 heteroatoms. The monoisotopic (exact) mass is 250 g/mol. The van der Waals surface area contributed by atoms with Gasteiger partial charge in [0.25, 0.3) is 0 Å². The molecule has 1 aromatic rings. The van der Waals surface area contributed by atoms with E-state index in [-0.39, 0.29) is 5.78 Å². The molecule has 0 heterocycles. The molecule has 1 aromatic carbocycles. The van der Waals surface area contributed by atoms with E-state index < -0.39 is 0 Å². The summed E-state index contributed by atoms with van der Waals surface area (Å²) < 4.78 is 0. The average molecular weight is 250 g/mol. The number of carbonyl (C=O) groups is 1. The summed E-state index contributed by atoms with van der Waals surface area (Å²) >= 11 is 1.72. The van der Waals surface area contributed by atoms with Crippen molar-refractivity contribution in [2.75, 3.05) is 12.0 Å². The third kappa shape index (κ3) is 5.40. The highest BCUT2D eigenvalue weighted by atomic mass is 32.2. The van der Waals surface area contributed by atoms with Gasteiger partial charge < -0.3 is 0 Å². The van der Waals surface area contributed by atoms with E-state index in [0.717, 1.165) is 17.7 Å². The second kappa shape index (κ2) is 8.35. The summed E-state index contributed by atoms with van der Waals surface area (Å²) in [6.07, 6.45) is 7.60. The van der Waals surface area contributed by atoms with Crippen molar-refractivity contribution >= 4 is 17.5 Å². The van der Waals surface area contributed by atoms with Crippen LogP contribution in [-0.4, -0.2) is 17.8 Å². The Labute approximate surface area is 109 Å². The molecule has 0 spiro atoms. The van der Waals surface area contributed by atoms with Crippen LogP contribution >= 0.6 is 11.8 Å². The molecule has 94 valence electrons. The molecule has 1 rings (SSSR count). The lowest BCUT2D eigenvalue weighted by atomic mass is 10.0. The standard InChI is InChI=1S/C15H22OS/c1-3-4-5-6-13-7-9-14(10-8-13)15(16)11-12-17-2/h7-10H,3-6,11-12H2,1-2H3. The van der Waals surface area contributed by atoms with Crippen LogP contribution in [0.4, 0.5) is 0 Å². The van der Waals surface area contributed by atoms with Crippen LogP contribution in [0.3, 0.4) is 0 Å². The number of unbranched alkanes of at least 4 members (excludes halogenated alkanes) is 2. The lowest BCUT2D eigenvalue weighted by Gasteiger charge is -2.03. The van der Waals surface area contributed by atoms with Gasteiger partial charge in [0.1, 0.15) is 0 Å². The molecular weight excluding hydrogens is 228 g/mol. The van der Waals surface area contributed by atoms with Gasteiger partial charge in [-0.05, 0) is 24.7 Å². The summed E-state index contributed by atoms with van der Waals surface area (Å²) in [6.45, 7) is 2.22. The van der Waals surface area contributed by atoms with Gasteiger partial charge in [0.2, 0.25) is 0 Å². The predicted molar refractivity (Wildman–Crippen MR) is 77.0 cm³/mol. The summed E-state index contributed by atoms with van der Waals surface area (Å²) in [5.74, 6) is 1.18. The molecule has 0 saturated heterocycles. The Kier molecular flexibility index (Phi) is 7.02. The second-order valence-electron chi connectivity index (χ2n) is 4.32. The van der Waals surface area contributed by atoms with Gasteiger partial charge in [0.15, 0.2) is 5.78 Å². The van der Waals surface area contributed by atoms with Crippen LogP contribution in [0.25, 0.3) is 0 Å². The Bertz CT molecular complexity index is 329. The van der Waals surface area contributed by atoms with Gasteiger partial charge in [-0.1, -0.05) is 44.0 Å². The van der Waals surface area contributed by atoms with E-state index in [1.807, 2.05) is 18.4 Å². The van der Waals surface area contributed by atoms with Crippen LogP contribution in [0.15, 0.2) is 24.3 Å². The fraction of sp³-hybridized carbons (Fsp3) is 0.533. The number of ketones is 1. The molecule has 0 N–H and O–H groups in total. The van der Waals surface area contributed by atoms with E-state index in [9.17, 15) is 4.79 Å². The zero-order valence-electron chi connectivity index (χ0n) is 10.9. The molecule has 0 atom stereocenters. The average Bonchev–Trinajstić information content (AvgIpc) is 2.37. The topological polar surface area (TPSA) is 17.1 Å². The van der Waals surface area contributed by atoms with Crippen LogP contribution in [-0.2, 0) is 6.42 Å². The van der Waals surface area contributed by atoms with Crippen LogP contribution in [0.2, 0.25) is 0 Å². The van der Waals surface area contributed by atoms with Crippen LogP contribution in [0.1, 0.15) is 48.5 Å². The van der Waals surface area contributed by atoms with E-state index in [2.05, 4.69) is 19.1 Å². The van der Waals surface area contributed by atoms with Gasteiger partial charge in [-0.3, -0.25) is 4.79 Å². The van der Waals surface area contributed by atoms with Crippen LogP contribution in [0, 0.1) is 0 Å². The van der Waals surface area contributed by atoms with Gasteiger partial charge in [-0.15, -0.1) is 0 Å². The van der Waals surface area contributed by atoms with Crippen molar-refractivity contribution in [3.63, 3.8) is 0 Å². The number of aryl methyl sites for hydroxylation is 1. The summed E-state index contributed by atoms with van der Waals surface area (Å²) in [5.41, 5.74) is 2.21. The Morgan fingerprint density at radius 3 is 2.47 bits per heavy atom. The SMILES string of the molecule is CCCCCc1ccc(C(=O)CCSC)cc1. The Morgan fingerprint density at radius 1 is 1.18 bits per heavy atom. The fourth-order valence-corrected chi connectivity index (χ4v) is 2.17. The second-order valence-corrected chi connectivity index (χ2v) is 5.31. The van der Waals surface area contributed by atoms with Gasteiger partial charge in [0, 0.05) is 17.7 Å². The number of thioether (sulfide) groups is 1. The minimum Gasteiger partial charge on any atom is -0.294 e. The van der Waals surface area contributed by atoms with Gasteiger partial charge >= 0.3 is 0 Å². The summed E-state index contributed by atoms with van der Waals surface area (Å²) in [5, 5.41) is 0. The van der Waals surface area contributed by atoms with E-state index in [1.54, 1.807) is 11.8 Å². The third-order valence-electron chi connectivity index (χ3n) is 2.88. The van der Waals surface area contributed by atoms with Crippen molar-refractivity contribution in [3.05, 3.63) is 35.4 Å². The molecule has 0 aliphatic rings. The Balaban J connectivity index is 2.46. The number of hydrogen-bond donors (Lipinski definition) is 0. The van der Waals surface area contributed by atoms with Crippen molar-refractivity contribution in [2.45, 2.75) is 39.0 Å². The zero-order valence-corrected chi connectivity index (χ0v) is 11.7. The van der Waals surface area contributed by atoms with Crippen molar-refractivity contribution in [1.82, 2.24) is 0 Å². The summed E-state index contributed by atoms with van der Waals surface area (Å²) in [7, 11) is 0. The number of hydrogen-bond acceptors (Lipinski definition) is 2. The predicted octanol–water partition coefficient (Wildman–Crippen LogP) is 4.36. The highest BCUT2D eigenvalue weighted by Gasteiger charge is 2.04. The Morgan fingerprint density at radius 2 is 1.88 bits per heavy atom. The lowest BCUT2D eigenvalue weighted by Crippen LogP contribution is -2.00. The van der Waals surface area contributed by atoms with E-state index in [0.29, 0.717) is 6.42 Å². The minimum absolute atomic E-state index is 0.263. The lowest BCUT2D eigenvalue weighted by molar-refractivity contribution is 0.0989. The van der Waals surface area contributed by atoms with Gasteiger partial charge in [-0.2, -0.15) is 11.8 Å². The quantitative estimate of drug-likeness (QED) is 0.504. The maximum absolute atomic E-state index is 11.8. The molecule has 0 bridgehead atoms. The molecule has 0 unspecified atom stereocenters. The zero-order chi connectivity index (χ0) is 12.5. The number of benzene rings is 1. The highest BCUT2D eigenvalue weighted by Crippen LogP contribution is 2.11. The molecule has 0 amide bonds. The fourth-order valence-electron chi connectivity index (χ4n) is 1.78. The molecule has 0 aliphatic heterocycles. The smallest absolute Gasteiger partial charge is 0.163 e. The molecule has 0 aromatic heterocycles. The minimum atomic E-state index is 0.263. The van der Waals surface area contributed by atoms with Crippen LogP contribution < -0.4 is 0 Å². The first-order chi connectivity index (χ1) is 8.27. The summed E-state index contributed by atoms with van der Waals surface area (Å²) in [6, 6.07) is 8.15. The number of carbonyl (C=O) groups excluding carboxylic acids is 1. The Hall–Kier alpha value is -0.760. The molecular formula is C15H22OS. The van der Waals surface area contributed by atoms with E-state index in [1.165, 1.54) is 24.8 Å². The number of Topliss-reactive ketones (excluding diaryl/α,β-unsaturated/α-hetero) is 1. The van der Waals surface area contributed by atoms with E-state index >= 15 is 0 Å². The molecule has 0 fully saturated rings. The normalized spacial score (nSPS) is 10.5.